The topological polar surface area (TPSA) is 17.8 Å². The van der Waals surface area contributed by atoms with E-state index in [0.29, 0.717) is 16.7 Å². The molecule has 0 bridgehead atoms. The van der Waals surface area contributed by atoms with Crippen molar-refractivity contribution >= 4 is 34.2 Å². The summed E-state index contributed by atoms with van der Waals surface area (Å²) in [6.45, 7) is -0.284. The molecule has 3 aromatic rings. The summed E-state index contributed by atoms with van der Waals surface area (Å²) in [4.78, 5) is 3.36. The van der Waals surface area contributed by atoms with E-state index < -0.39 is 34.3 Å². The molecule has 10 heteroatoms. The zero-order valence-corrected chi connectivity index (χ0v) is 14.1. The normalized spacial score (nSPS) is 12.8. The van der Waals surface area contributed by atoms with E-state index in [2.05, 4.69) is 4.98 Å². The molecule has 0 aliphatic rings. The van der Waals surface area contributed by atoms with Crippen molar-refractivity contribution in [3.63, 3.8) is 0 Å². The van der Waals surface area contributed by atoms with Crippen molar-refractivity contribution in [2.45, 2.75) is 18.9 Å². The monoisotopic (exact) mass is 412 g/mol. The fourth-order valence-electron chi connectivity index (χ4n) is 2.56. The second-order valence-electron chi connectivity index (χ2n) is 5.47. The van der Waals surface area contributed by atoms with E-state index in [-0.39, 0.29) is 12.1 Å². The number of aromatic nitrogens is 2. The van der Waals surface area contributed by atoms with Crippen molar-refractivity contribution in [2.24, 2.45) is 0 Å². The molecule has 26 heavy (non-hydrogen) atoms. The second-order valence-corrected chi connectivity index (χ2v) is 6.31. The van der Waals surface area contributed by atoms with Gasteiger partial charge in [0, 0.05) is 11.6 Å². The number of hydrogen-bond acceptors (Lipinski definition) is 1. The van der Waals surface area contributed by atoms with Gasteiger partial charge in [-0.1, -0.05) is 35.3 Å². The van der Waals surface area contributed by atoms with Gasteiger partial charge in [0.1, 0.15) is 0 Å². The Labute approximate surface area is 153 Å². The van der Waals surface area contributed by atoms with Crippen LogP contribution in [0.4, 0.5) is 26.3 Å². The Morgan fingerprint density at radius 1 is 0.923 bits per heavy atom. The van der Waals surface area contributed by atoms with Gasteiger partial charge in [-0.2, -0.15) is 26.3 Å². The Kier molecular flexibility index (Phi) is 4.60. The fourth-order valence-corrected chi connectivity index (χ4v) is 3.04. The van der Waals surface area contributed by atoms with Crippen molar-refractivity contribution < 1.29 is 26.3 Å². The number of fused-ring (bicyclic) bond motifs is 1. The Morgan fingerprint density at radius 3 is 2.19 bits per heavy atom. The van der Waals surface area contributed by atoms with Crippen LogP contribution in [-0.2, 0) is 18.9 Å². The summed E-state index contributed by atoms with van der Waals surface area (Å²) in [5, 5.41) is -0.385. The van der Waals surface area contributed by atoms with E-state index in [1.807, 2.05) is 0 Å². The molecule has 138 valence electrons. The van der Waals surface area contributed by atoms with Crippen LogP contribution in [0, 0.1) is 0 Å². The van der Waals surface area contributed by atoms with E-state index >= 15 is 0 Å². The average Bonchev–Trinajstić information content (AvgIpc) is 2.83. The number of rotatable bonds is 2. The van der Waals surface area contributed by atoms with E-state index in [1.54, 1.807) is 18.2 Å². The summed E-state index contributed by atoms with van der Waals surface area (Å²) in [6.07, 6.45) is -9.66. The van der Waals surface area contributed by atoms with Crippen LogP contribution in [0.2, 0.25) is 10.0 Å². The maximum atomic E-state index is 13.3. The lowest BCUT2D eigenvalue weighted by Gasteiger charge is -2.13. The van der Waals surface area contributed by atoms with Gasteiger partial charge < -0.3 is 4.57 Å². The van der Waals surface area contributed by atoms with Crippen LogP contribution >= 0.6 is 23.2 Å². The molecule has 0 aliphatic carbocycles. The molecule has 3 rings (SSSR count). The van der Waals surface area contributed by atoms with Crippen LogP contribution in [0.1, 0.15) is 17.0 Å². The summed E-state index contributed by atoms with van der Waals surface area (Å²) in [5.41, 5.74) is -1.42. The molecule has 0 unspecified atom stereocenters. The number of alkyl halides is 6. The molecule has 2 nitrogen and oxygen atoms in total. The van der Waals surface area contributed by atoms with E-state index in [0.717, 1.165) is 10.6 Å². The number of hydrogen-bond donors (Lipinski definition) is 0. The Bertz CT molecular complexity index is 975. The second kappa shape index (κ2) is 6.35. The van der Waals surface area contributed by atoms with Crippen molar-refractivity contribution in [3.8, 4) is 0 Å². The molecule has 0 atom stereocenters. The van der Waals surface area contributed by atoms with Crippen molar-refractivity contribution in [1.29, 1.82) is 0 Å². The van der Waals surface area contributed by atoms with Crippen molar-refractivity contribution in [1.82, 2.24) is 9.55 Å². The molecule has 0 saturated heterocycles. The van der Waals surface area contributed by atoms with Gasteiger partial charge in [0.05, 0.1) is 21.6 Å². The van der Waals surface area contributed by atoms with Crippen LogP contribution < -0.4 is 0 Å². The molecule has 0 aliphatic heterocycles. The number of halogens is 8. The molecule has 0 N–H and O–H groups in total. The van der Waals surface area contributed by atoms with Gasteiger partial charge in [-0.05, 0) is 29.8 Å². The van der Waals surface area contributed by atoms with Crippen LogP contribution in [-0.4, -0.2) is 9.55 Å². The molecular formula is C16H8Cl2F6N2. The molecule has 1 heterocycles. The predicted octanol–water partition coefficient (Wildman–Crippen LogP) is 6.43. The molecule has 1 aromatic heterocycles. The van der Waals surface area contributed by atoms with Crippen LogP contribution in [0.3, 0.4) is 0 Å². The fraction of sp³-hybridized carbons (Fsp3) is 0.188. The molecule has 0 spiro atoms. The van der Waals surface area contributed by atoms with Crippen molar-refractivity contribution in [3.05, 3.63) is 63.4 Å². The lowest BCUT2D eigenvalue weighted by Crippen LogP contribution is -2.15. The summed E-state index contributed by atoms with van der Waals surface area (Å²) < 4.78 is 79.6. The van der Waals surface area contributed by atoms with Gasteiger partial charge in [0.15, 0.2) is 0 Å². The maximum Gasteiger partial charge on any atom is 0.449 e. The van der Waals surface area contributed by atoms with Gasteiger partial charge in [0.25, 0.3) is 0 Å². The first-order valence-electron chi connectivity index (χ1n) is 7.05. The smallest absolute Gasteiger partial charge is 0.316 e. The first-order chi connectivity index (χ1) is 12.0. The molecule has 0 saturated carbocycles. The summed E-state index contributed by atoms with van der Waals surface area (Å²) in [7, 11) is 0. The van der Waals surface area contributed by atoms with E-state index in [1.165, 1.54) is 6.07 Å². The Morgan fingerprint density at radius 2 is 1.62 bits per heavy atom. The minimum absolute atomic E-state index is 0.157. The highest BCUT2D eigenvalue weighted by molar-refractivity contribution is 6.32. The average molecular weight is 413 g/mol. The molecule has 0 amide bonds. The minimum atomic E-state index is -4.86. The third-order valence-corrected chi connectivity index (χ3v) is 4.17. The highest BCUT2D eigenvalue weighted by Gasteiger charge is 2.39. The zero-order valence-electron chi connectivity index (χ0n) is 12.6. The Balaban J connectivity index is 2.23. The molecule has 2 aromatic carbocycles. The first-order valence-corrected chi connectivity index (χ1v) is 7.81. The Hall–Kier alpha value is -1.93. The van der Waals surface area contributed by atoms with Crippen molar-refractivity contribution in [2.75, 3.05) is 0 Å². The largest absolute Gasteiger partial charge is 0.449 e. The highest BCUT2D eigenvalue weighted by Crippen LogP contribution is 2.39. The molecule has 0 radical (unpaired) electrons. The van der Waals surface area contributed by atoms with Gasteiger partial charge in [-0.25, -0.2) is 4.98 Å². The summed E-state index contributed by atoms with van der Waals surface area (Å²) >= 11 is 11.5. The number of benzene rings is 2. The van der Waals surface area contributed by atoms with E-state index in [9.17, 15) is 26.3 Å². The third kappa shape index (κ3) is 3.61. The SMILES string of the molecule is FC(F)(F)c1cc2nc(C(F)(F)F)n(Cc3cccc(Cl)c3)c2cc1Cl. The zero-order chi connectivity index (χ0) is 19.3. The van der Waals surface area contributed by atoms with Crippen LogP contribution in [0.25, 0.3) is 11.0 Å². The molecular weight excluding hydrogens is 405 g/mol. The standard InChI is InChI=1S/C16H8Cl2F6N2/c17-9-3-1-2-8(4-9)7-26-13-6-11(18)10(15(19,20)21)5-12(13)25-14(26)16(22,23)24/h1-6H,7H2. The molecule has 0 fully saturated rings. The summed E-state index contributed by atoms with van der Waals surface area (Å²) in [6, 6.07) is 7.46. The number of imidazole rings is 1. The maximum absolute atomic E-state index is 13.3. The lowest BCUT2D eigenvalue weighted by molar-refractivity contribution is -0.146. The summed E-state index contributed by atoms with van der Waals surface area (Å²) in [5.74, 6) is -1.32. The highest BCUT2D eigenvalue weighted by atomic mass is 35.5. The minimum Gasteiger partial charge on any atom is -0.316 e. The quantitative estimate of drug-likeness (QED) is 0.443. The van der Waals surface area contributed by atoms with Gasteiger partial charge in [-0.3, -0.25) is 0 Å². The van der Waals surface area contributed by atoms with Gasteiger partial charge >= 0.3 is 12.4 Å². The number of nitrogens with zero attached hydrogens (tertiary/aromatic N) is 2. The van der Waals surface area contributed by atoms with Gasteiger partial charge in [0.2, 0.25) is 5.82 Å². The van der Waals surface area contributed by atoms with Crippen LogP contribution in [0.15, 0.2) is 36.4 Å². The third-order valence-electron chi connectivity index (χ3n) is 3.63. The lowest BCUT2D eigenvalue weighted by atomic mass is 10.2. The first kappa shape index (κ1) is 18.8. The van der Waals surface area contributed by atoms with E-state index in [4.69, 9.17) is 23.2 Å². The predicted molar refractivity (Wildman–Crippen MR) is 85.3 cm³/mol. The van der Waals surface area contributed by atoms with Crippen LogP contribution in [0.5, 0.6) is 0 Å². The van der Waals surface area contributed by atoms with Gasteiger partial charge in [-0.15, -0.1) is 0 Å².